The summed E-state index contributed by atoms with van der Waals surface area (Å²) in [5, 5.41) is 12.8. The molecule has 120 valence electrons. The van der Waals surface area contributed by atoms with Crippen molar-refractivity contribution >= 4 is 15.1 Å². The number of aliphatic hydroxyl groups is 1. The molecule has 5 unspecified atom stereocenters. The number of hydrogen-bond acceptors (Lipinski definition) is 2. The number of nitrogens with zero attached hydrogens (tertiary/aromatic N) is 1. The van der Waals surface area contributed by atoms with Crippen LogP contribution >= 0.6 is 0 Å². The molecule has 4 heteroatoms. The predicted octanol–water partition coefficient (Wildman–Crippen LogP) is 2.34. The van der Waals surface area contributed by atoms with E-state index in [1.807, 2.05) is 23.6 Å². The van der Waals surface area contributed by atoms with Gasteiger partial charge >= 0.3 is 0 Å². The van der Waals surface area contributed by atoms with Crippen molar-refractivity contribution in [3.05, 3.63) is 22.6 Å². The molecule has 22 heavy (non-hydrogen) atoms. The van der Waals surface area contributed by atoms with Crippen molar-refractivity contribution in [1.82, 2.24) is 4.31 Å². The summed E-state index contributed by atoms with van der Waals surface area (Å²) in [6, 6.07) is 0.104. The second kappa shape index (κ2) is 5.88. The lowest BCUT2D eigenvalue weighted by atomic mass is 9.83. The molecular weight excluding hydrogens is 294 g/mol. The van der Waals surface area contributed by atoms with Gasteiger partial charge in [-0.05, 0) is 44.5 Å². The zero-order chi connectivity index (χ0) is 15.9. The van der Waals surface area contributed by atoms with Gasteiger partial charge in [-0.25, -0.2) is 8.51 Å². The monoisotopic (exact) mass is 319 g/mol. The normalized spacial score (nSPS) is 41.6. The average Bonchev–Trinajstić information content (AvgIpc) is 2.76. The fourth-order valence-electron chi connectivity index (χ4n) is 3.86. The second-order valence-corrected chi connectivity index (χ2v) is 9.28. The molecule has 0 aromatic rings. The molecule has 3 nitrogen and oxygen atoms in total. The largest absolute Gasteiger partial charge is 0.387 e. The first-order valence-electron chi connectivity index (χ1n) is 8.12. The van der Waals surface area contributed by atoms with Gasteiger partial charge in [-0.15, -0.1) is 0 Å². The van der Waals surface area contributed by atoms with Crippen LogP contribution in [0.1, 0.15) is 39.5 Å². The summed E-state index contributed by atoms with van der Waals surface area (Å²) >= 11 is 0. The van der Waals surface area contributed by atoms with Gasteiger partial charge in [0, 0.05) is 28.9 Å². The maximum atomic E-state index is 13.8. The first kappa shape index (κ1) is 15.9. The van der Waals surface area contributed by atoms with Crippen LogP contribution in [0.15, 0.2) is 22.6 Å². The predicted molar refractivity (Wildman–Crippen MR) is 92.5 cm³/mol. The number of aliphatic hydroxyl groups excluding tert-OH is 1. The van der Waals surface area contributed by atoms with Crippen LogP contribution in [0.4, 0.5) is 0 Å². The third-order valence-corrected chi connectivity index (χ3v) is 8.03. The van der Waals surface area contributed by atoms with Crippen LogP contribution in [0, 0.1) is 23.7 Å². The van der Waals surface area contributed by atoms with Gasteiger partial charge in [0.05, 0.1) is 15.8 Å². The minimum Gasteiger partial charge on any atom is -0.387 e. The SMILES string of the molecule is CC=S1(=O)C2=C(C#CCC(C)C2)C(O)C2C=CCCC2N1C. The molecule has 1 N–H and O–H groups in total. The molecule has 3 rings (SSSR count). The molecule has 3 aliphatic rings. The lowest BCUT2D eigenvalue weighted by Crippen LogP contribution is -2.44. The molecule has 0 fully saturated rings. The van der Waals surface area contributed by atoms with Crippen molar-refractivity contribution in [3.63, 3.8) is 0 Å². The van der Waals surface area contributed by atoms with Crippen LogP contribution in [0.3, 0.4) is 0 Å². The molecule has 1 aliphatic heterocycles. The van der Waals surface area contributed by atoms with Gasteiger partial charge in [0.1, 0.15) is 0 Å². The van der Waals surface area contributed by atoms with Crippen LogP contribution in [0.5, 0.6) is 0 Å². The quantitative estimate of drug-likeness (QED) is 0.423. The van der Waals surface area contributed by atoms with Gasteiger partial charge in [-0.3, -0.25) is 0 Å². The maximum absolute atomic E-state index is 13.8. The summed E-state index contributed by atoms with van der Waals surface area (Å²) < 4.78 is 15.8. The van der Waals surface area contributed by atoms with Crippen molar-refractivity contribution in [2.45, 2.75) is 51.7 Å². The van der Waals surface area contributed by atoms with Crippen LogP contribution in [-0.4, -0.2) is 38.2 Å². The van der Waals surface area contributed by atoms with E-state index in [0.717, 1.165) is 36.2 Å². The Labute approximate surface area is 134 Å². The fraction of sp³-hybridized carbons (Fsp3) is 0.611. The summed E-state index contributed by atoms with van der Waals surface area (Å²) in [6.07, 6.45) is 7.04. The Balaban J connectivity index is 2.25. The molecule has 0 saturated heterocycles. The molecular formula is C18H25NO2S. The third-order valence-electron chi connectivity index (χ3n) is 5.17. The molecule has 0 saturated carbocycles. The number of fused-ring (bicyclic) bond motifs is 1. The standard InChI is InChI=1S/C18H25NO2S/c1-4-22(21)17-12-13(2)8-7-10-15(17)18(20)14-9-5-6-11-16(14)19(22)3/h4-5,9,13-14,16,18,20H,6,8,11-12H2,1-3H3. The maximum Gasteiger partial charge on any atom is 0.0954 e. The molecule has 0 radical (unpaired) electrons. The minimum absolute atomic E-state index is 0.0188. The number of allylic oxidation sites excluding steroid dienone is 2. The number of hydrogen-bond donors (Lipinski definition) is 1. The van der Waals surface area contributed by atoms with Crippen molar-refractivity contribution < 1.29 is 9.32 Å². The van der Waals surface area contributed by atoms with E-state index in [1.54, 1.807) is 0 Å². The molecule has 2 aliphatic carbocycles. The summed E-state index contributed by atoms with van der Waals surface area (Å²) in [6.45, 7) is 4.02. The molecule has 0 amide bonds. The summed E-state index contributed by atoms with van der Waals surface area (Å²) in [5.74, 6) is 6.70. The van der Waals surface area contributed by atoms with E-state index in [9.17, 15) is 9.32 Å². The highest BCUT2D eigenvalue weighted by Gasteiger charge is 2.42. The number of rotatable bonds is 0. The molecule has 0 aromatic carbocycles. The Morgan fingerprint density at radius 2 is 2.27 bits per heavy atom. The Morgan fingerprint density at radius 3 is 3.00 bits per heavy atom. The molecule has 1 heterocycles. The first-order chi connectivity index (χ1) is 10.5. The van der Waals surface area contributed by atoms with Gasteiger partial charge in [0.25, 0.3) is 0 Å². The van der Waals surface area contributed by atoms with Gasteiger partial charge in [-0.2, -0.15) is 0 Å². The Kier molecular flexibility index (Phi) is 4.24. The second-order valence-electron chi connectivity index (χ2n) is 6.60. The van der Waals surface area contributed by atoms with E-state index in [2.05, 4.69) is 30.9 Å². The van der Waals surface area contributed by atoms with Crippen LogP contribution in [0.25, 0.3) is 0 Å². The summed E-state index contributed by atoms with van der Waals surface area (Å²) in [5.41, 5.74) is 0.721. The van der Waals surface area contributed by atoms with Gasteiger partial charge in [0.15, 0.2) is 0 Å². The highest BCUT2D eigenvalue weighted by molar-refractivity contribution is 8.02. The highest BCUT2D eigenvalue weighted by Crippen LogP contribution is 2.39. The zero-order valence-corrected chi connectivity index (χ0v) is 14.4. The highest BCUT2D eigenvalue weighted by atomic mass is 32.2. The van der Waals surface area contributed by atoms with E-state index in [1.165, 1.54) is 0 Å². The lowest BCUT2D eigenvalue weighted by molar-refractivity contribution is 0.122. The van der Waals surface area contributed by atoms with Crippen LogP contribution < -0.4 is 0 Å². The lowest BCUT2D eigenvalue weighted by Gasteiger charge is -2.36. The summed E-state index contributed by atoms with van der Waals surface area (Å²) in [7, 11) is -0.463. The Bertz CT molecular complexity index is 700. The molecule has 0 bridgehead atoms. The molecule has 5 atom stereocenters. The summed E-state index contributed by atoms with van der Waals surface area (Å²) in [4.78, 5) is 0.866. The van der Waals surface area contributed by atoms with Crippen molar-refractivity contribution in [2.75, 3.05) is 7.05 Å². The fourth-order valence-corrected chi connectivity index (χ4v) is 6.48. The molecule has 0 spiro atoms. The van der Waals surface area contributed by atoms with Crippen LogP contribution in [0.2, 0.25) is 0 Å². The van der Waals surface area contributed by atoms with Gasteiger partial charge < -0.3 is 5.11 Å². The van der Waals surface area contributed by atoms with E-state index in [0.29, 0.717) is 5.92 Å². The first-order valence-corrected chi connectivity index (χ1v) is 9.70. The zero-order valence-electron chi connectivity index (χ0n) is 13.6. The average molecular weight is 319 g/mol. The van der Waals surface area contributed by atoms with Crippen LogP contribution in [-0.2, 0) is 9.71 Å². The molecule has 0 aromatic heterocycles. The van der Waals surface area contributed by atoms with Gasteiger partial charge in [-0.1, -0.05) is 30.9 Å². The smallest absolute Gasteiger partial charge is 0.0954 e. The minimum atomic E-state index is -2.41. The van der Waals surface area contributed by atoms with Crippen molar-refractivity contribution in [1.29, 1.82) is 0 Å². The Morgan fingerprint density at radius 1 is 1.50 bits per heavy atom. The van der Waals surface area contributed by atoms with E-state index >= 15 is 0 Å². The van der Waals surface area contributed by atoms with Crippen molar-refractivity contribution in [2.24, 2.45) is 11.8 Å². The van der Waals surface area contributed by atoms with E-state index in [-0.39, 0.29) is 12.0 Å². The Hall–Kier alpha value is -1.02. The van der Waals surface area contributed by atoms with Gasteiger partial charge in [0.2, 0.25) is 0 Å². The van der Waals surface area contributed by atoms with E-state index < -0.39 is 15.8 Å². The van der Waals surface area contributed by atoms with Crippen molar-refractivity contribution in [3.8, 4) is 11.8 Å². The third kappa shape index (κ3) is 2.36. The van der Waals surface area contributed by atoms with E-state index in [4.69, 9.17) is 0 Å². The topological polar surface area (TPSA) is 40.5 Å².